The van der Waals surface area contributed by atoms with Crippen LogP contribution in [0.15, 0.2) is 66.9 Å². The quantitative estimate of drug-likeness (QED) is 0.541. The largest absolute Gasteiger partial charge is 0.354 e. The zero-order valence-corrected chi connectivity index (χ0v) is 12.6. The molecule has 0 aliphatic rings. The molecule has 0 bridgehead atoms. The molecule has 24 heavy (non-hydrogen) atoms. The zero-order valence-electron chi connectivity index (χ0n) is 12.6. The minimum absolute atomic E-state index is 0.275. The van der Waals surface area contributed by atoms with E-state index in [0.29, 0.717) is 5.82 Å². The van der Waals surface area contributed by atoms with Crippen LogP contribution in [0.25, 0.3) is 22.2 Å². The molecule has 2 N–H and O–H groups in total. The van der Waals surface area contributed by atoms with Crippen molar-refractivity contribution in [2.45, 2.75) is 0 Å². The van der Waals surface area contributed by atoms with E-state index in [1.807, 2.05) is 18.2 Å². The van der Waals surface area contributed by atoms with Crippen molar-refractivity contribution in [3.05, 3.63) is 78.5 Å². The van der Waals surface area contributed by atoms with Gasteiger partial charge in [0.2, 0.25) is 0 Å². The number of pyridine rings is 1. The van der Waals surface area contributed by atoms with Crippen LogP contribution in [0.5, 0.6) is 0 Å². The van der Waals surface area contributed by atoms with Gasteiger partial charge >= 0.3 is 0 Å². The summed E-state index contributed by atoms with van der Waals surface area (Å²) in [4.78, 5) is 7.62. The van der Waals surface area contributed by atoms with Crippen molar-refractivity contribution < 1.29 is 8.78 Å². The molecule has 0 aliphatic heterocycles. The fourth-order valence-corrected chi connectivity index (χ4v) is 2.59. The van der Waals surface area contributed by atoms with Crippen molar-refractivity contribution >= 4 is 22.4 Å². The first-order valence-electron chi connectivity index (χ1n) is 7.45. The normalized spacial score (nSPS) is 10.9. The van der Waals surface area contributed by atoms with Crippen LogP contribution in [-0.4, -0.2) is 9.97 Å². The number of aromatic nitrogens is 2. The van der Waals surface area contributed by atoms with Crippen LogP contribution in [0, 0.1) is 11.6 Å². The molecule has 3 nitrogen and oxygen atoms in total. The first-order chi connectivity index (χ1) is 11.7. The second-order valence-electron chi connectivity index (χ2n) is 5.48. The molecule has 0 radical (unpaired) electrons. The van der Waals surface area contributed by atoms with Gasteiger partial charge in [0.25, 0.3) is 0 Å². The molecule has 4 rings (SSSR count). The van der Waals surface area contributed by atoms with Crippen molar-refractivity contribution in [1.82, 2.24) is 9.97 Å². The van der Waals surface area contributed by atoms with Crippen LogP contribution in [0.1, 0.15) is 0 Å². The Kier molecular flexibility index (Phi) is 3.46. The fourth-order valence-electron chi connectivity index (χ4n) is 2.59. The summed E-state index contributed by atoms with van der Waals surface area (Å²) in [7, 11) is 0. The van der Waals surface area contributed by atoms with Crippen molar-refractivity contribution in [3.63, 3.8) is 0 Å². The van der Waals surface area contributed by atoms with Crippen molar-refractivity contribution in [1.29, 1.82) is 0 Å². The van der Waals surface area contributed by atoms with E-state index in [1.54, 1.807) is 24.4 Å². The second-order valence-corrected chi connectivity index (χ2v) is 5.48. The van der Waals surface area contributed by atoms with Gasteiger partial charge in [-0.3, -0.25) is 0 Å². The highest BCUT2D eigenvalue weighted by atomic mass is 19.1. The highest BCUT2D eigenvalue weighted by Gasteiger charge is 2.06. The maximum Gasteiger partial charge on any atom is 0.132 e. The smallest absolute Gasteiger partial charge is 0.132 e. The van der Waals surface area contributed by atoms with Gasteiger partial charge in [-0.25, -0.2) is 13.8 Å². The molecule has 0 spiro atoms. The molecule has 118 valence electrons. The number of halogens is 2. The molecule has 0 aliphatic carbocycles. The maximum absolute atomic E-state index is 13.4. The van der Waals surface area contributed by atoms with Gasteiger partial charge < -0.3 is 10.3 Å². The first-order valence-corrected chi connectivity index (χ1v) is 7.45. The topological polar surface area (TPSA) is 40.7 Å². The zero-order chi connectivity index (χ0) is 16.5. The molecule has 0 fully saturated rings. The van der Waals surface area contributed by atoms with Gasteiger partial charge in [-0.15, -0.1) is 0 Å². The van der Waals surface area contributed by atoms with Gasteiger partial charge in [-0.05, 0) is 42.5 Å². The molecule has 2 aromatic carbocycles. The number of fused-ring (bicyclic) bond motifs is 1. The van der Waals surface area contributed by atoms with Gasteiger partial charge in [0.15, 0.2) is 0 Å². The minimum Gasteiger partial charge on any atom is -0.354 e. The molecule has 0 atom stereocenters. The van der Waals surface area contributed by atoms with Crippen LogP contribution in [0.4, 0.5) is 20.3 Å². The van der Waals surface area contributed by atoms with Gasteiger partial charge in [-0.1, -0.05) is 12.1 Å². The highest BCUT2D eigenvalue weighted by molar-refractivity contribution is 5.87. The number of aromatic amines is 1. The molecule has 2 heterocycles. The van der Waals surface area contributed by atoms with Crippen LogP contribution < -0.4 is 5.32 Å². The van der Waals surface area contributed by atoms with Gasteiger partial charge in [0.1, 0.15) is 17.5 Å². The first kappa shape index (κ1) is 14.4. The Hall–Kier alpha value is -3.21. The number of H-pyrrole nitrogens is 1. The lowest BCUT2D eigenvalue weighted by molar-refractivity contribution is 0.627. The van der Waals surface area contributed by atoms with E-state index >= 15 is 0 Å². The Balaban J connectivity index is 1.67. The van der Waals surface area contributed by atoms with E-state index in [1.165, 1.54) is 24.3 Å². The number of benzene rings is 2. The standard InChI is InChI=1S/C19H13F2N3/c20-14-4-6-16(7-5-14)23-19-10-18-13(11-22-19)9-17(24-18)12-2-1-3-15(21)8-12/h1-11,24H,(H,22,23). The second kappa shape index (κ2) is 5.77. The lowest BCUT2D eigenvalue weighted by atomic mass is 10.1. The van der Waals surface area contributed by atoms with Gasteiger partial charge in [0.05, 0.1) is 5.52 Å². The molecule has 0 saturated heterocycles. The van der Waals surface area contributed by atoms with E-state index in [4.69, 9.17) is 0 Å². The molecule has 0 saturated carbocycles. The van der Waals surface area contributed by atoms with Crippen LogP contribution in [0.3, 0.4) is 0 Å². The van der Waals surface area contributed by atoms with Crippen molar-refractivity contribution in [2.75, 3.05) is 5.32 Å². The van der Waals surface area contributed by atoms with E-state index in [2.05, 4.69) is 15.3 Å². The van der Waals surface area contributed by atoms with E-state index in [9.17, 15) is 8.78 Å². The Morgan fingerprint density at radius 1 is 0.875 bits per heavy atom. The molecular formula is C19H13F2N3. The summed E-state index contributed by atoms with van der Waals surface area (Å²) in [6.07, 6.45) is 1.74. The molecule has 4 aromatic rings. The average molecular weight is 321 g/mol. The highest BCUT2D eigenvalue weighted by Crippen LogP contribution is 2.26. The van der Waals surface area contributed by atoms with E-state index < -0.39 is 0 Å². The minimum atomic E-state index is -0.284. The number of hydrogen-bond acceptors (Lipinski definition) is 2. The molecule has 0 amide bonds. The number of nitrogens with zero attached hydrogens (tertiary/aromatic N) is 1. The van der Waals surface area contributed by atoms with Crippen LogP contribution >= 0.6 is 0 Å². The third kappa shape index (κ3) is 2.84. The number of nitrogens with one attached hydrogen (secondary N) is 2. The van der Waals surface area contributed by atoms with Gasteiger partial charge in [-0.2, -0.15) is 0 Å². The lowest BCUT2D eigenvalue weighted by Gasteiger charge is -2.05. The third-order valence-corrected chi connectivity index (χ3v) is 3.76. The third-order valence-electron chi connectivity index (χ3n) is 3.76. The predicted octanol–water partition coefficient (Wildman–Crippen LogP) is 5.25. The number of hydrogen-bond donors (Lipinski definition) is 2. The van der Waals surface area contributed by atoms with Crippen LogP contribution in [0.2, 0.25) is 0 Å². The summed E-state index contributed by atoms with van der Waals surface area (Å²) in [5.41, 5.74) is 3.23. The fraction of sp³-hybridized carbons (Fsp3) is 0. The van der Waals surface area contributed by atoms with E-state index in [-0.39, 0.29) is 11.6 Å². The molecular weight excluding hydrogens is 308 g/mol. The molecule has 5 heteroatoms. The SMILES string of the molecule is Fc1ccc(Nc2cc3[nH]c(-c4cccc(F)c4)cc3cn2)cc1. The Morgan fingerprint density at radius 2 is 1.71 bits per heavy atom. The number of anilines is 2. The summed E-state index contributed by atoms with van der Waals surface area (Å²) in [5.74, 6) is 0.0813. The Labute approximate surface area is 137 Å². The lowest BCUT2D eigenvalue weighted by Crippen LogP contribution is -1.93. The summed E-state index contributed by atoms with van der Waals surface area (Å²) in [6.45, 7) is 0. The molecule has 2 aromatic heterocycles. The van der Waals surface area contributed by atoms with Crippen LogP contribution in [-0.2, 0) is 0 Å². The van der Waals surface area contributed by atoms with Crippen molar-refractivity contribution in [2.24, 2.45) is 0 Å². The van der Waals surface area contributed by atoms with Gasteiger partial charge in [0, 0.05) is 34.6 Å². The summed E-state index contributed by atoms with van der Waals surface area (Å²) in [6, 6.07) is 16.3. The summed E-state index contributed by atoms with van der Waals surface area (Å²) in [5, 5.41) is 4.05. The Morgan fingerprint density at radius 3 is 2.50 bits per heavy atom. The maximum atomic E-state index is 13.4. The van der Waals surface area contributed by atoms with Crippen molar-refractivity contribution in [3.8, 4) is 11.3 Å². The Bertz CT molecular complexity index is 1010. The van der Waals surface area contributed by atoms with E-state index in [0.717, 1.165) is 27.8 Å². The predicted molar refractivity (Wildman–Crippen MR) is 91.2 cm³/mol. The monoisotopic (exact) mass is 321 g/mol. The number of rotatable bonds is 3. The summed E-state index contributed by atoms with van der Waals surface area (Å²) < 4.78 is 26.3. The molecule has 0 unspecified atom stereocenters. The average Bonchev–Trinajstić information content (AvgIpc) is 3.00. The summed E-state index contributed by atoms with van der Waals surface area (Å²) >= 11 is 0.